The van der Waals surface area contributed by atoms with Crippen LogP contribution >= 0.6 is 0 Å². The van der Waals surface area contributed by atoms with E-state index < -0.39 is 6.10 Å². The van der Waals surface area contributed by atoms with E-state index in [9.17, 15) is 4.79 Å². The molecule has 3 nitrogen and oxygen atoms in total. The van der Waals surface area contributed by atoms with Crippen LogP contribution in [0.5, 0.6) is 5.75 Å². The Morgan fingerprint density at radius 3 is 2.47 bits per heavy atom. The SMILES string of the molecule is COc1ccccc1C(=O)[C@@H]1O[C@@H]1c1ccccc1. The van der Waals surface area contributed by atoms with E-state index in [1.165, 1.54) is 0 Å². The molecule has 1 saturated heterocycles. The second kappa shape index (κ2) is 4.86. The van der Waals surface area contributed by atoms with E-state index in [1.807, 2.05) is 42.5 Å². The Kier molecular flexibility index (Phi) is 3.05. The molecule has 0 aromatic heterocycles. The molecule has 1 fully saturated rings. The number of ether oxygens (including phenoxy) is 2. The van der Waals surface area contributed by atoms with E-state index in [2.05, 4.69) is 0 Å². The van der Waals surface area contributed by atoms with Crippen molar-refractivity contribution < 1.29 is 14.3 Å². The van der Waals surface area contributed by atoms with Crippen molar-refractivity contribution in [1.82, 2.24) is 0 Å². The fourth-order valence-electron chi connectivity index (χ4n) is 2.21. The van der Waals surface area contributed by atoms with Crippen LogP contribution in [0.1, 0.15) is 22.0 Å². The highest BCUT2D eigenvalue weighted by Crippen LogP contribution is 2.41. The van der Waals surface area contributed by atoms with Crippen molar-refractivity contribution in [3.05, 3.63) is 65.7 Å². The highest BCUT2D eigenvalue weighted by atomic mass is 16.6. The van der Waals surface area contributed by atoms with Crippen LogP contribution in [0, 0.1) is 0 Å². The Labute approximate surface area is 111 Å². The lowest BCUT2D eigenvalue weighted by molar-refractivity contribution is 0.0950. The predicted octanol–water partition coefficient (Wildman–Crippen LogP) is 3.02. The van der Waals surface area contributed by atoms with Gasteiger partial charge < -0.3 is 9.47 Å². The molecule has 19 heavy (non-hydrogen) atoms. The van der Waals surface area contributed by atoms with Gasteiger partial charge in [-0.2, -0.15) is 0 Å². The van der Waals surface area contributed by atoms with Crippen LogP contribution in [0.15, 0.2) is 54.6 Å². The van der Waals surface area contributed by atoms with Crippen molar-refractivity contribution in [2.45, 2.75) is 12.2 Å². The summed E-state index contributed by atoms with van der Waals surface area (Å²) >= 11 is 0. The second-order valence-electron chi connectivity index (χ2n) is 4.45. The molecule has 0 aliphatic carbocycles. The van der Waals surface area contributed by atoms with Gasteiger partial charge in [-0.3, -0.25) is 4.79 Å². The fraction of sp³-hybridized carbons (Fsp3) is 0.188. The van der Waals surface area contributed by atoms with Crippen LogP contribution in [-0.2, 0) is 4.74 Å². The Hall–Kier alpha value is -2.13. The zero-order valence-electron chi connectivity index (χ0n) is 10.6. The van der Waals surface area contributed by atoms with Gasteiger partial charge in [-0.05, 0) is 17.7 Å². The van der Waals surface area contributed by atoms with Gasteiger partial charge in [0.15, 0.2) is 11.9 Å². The largest absolute Gasteiger partial charge is 0.496 e. The first-order valence-electron chi connectivity index (χ1n) is 6.19. The normalized spacial score (nSPS) is 20.9. The number of carbonyl (C=O) groups is 1. The first kappa shape index (κ1) is 11.9. The van der Waals surface area contributed by atoms with Crippen molar-refractivity contribution in [2.75, 3.05) is 7.11 Å². The minimum absolute atomic E-state index is 0.0219. The van der Waals surface area contributed by atoms with Gasteiger partial charge in [0.05, 0.1) is 12.7 Å². The van der Waals surface area contributed by atoms with Crippen LogP contribution < -0.4 is 4.74 Å². The molecule has 0 bridgehead atoms. The number of carbonyl (C=O) groups excluding carboxylic acids is 1. The molecule has 3 heteroatoms. The predicted molar refractivity (Wildman–Crippen MR) is 71.4 cm³/mol. The third kappa shape index (κ3) is 2.25. The molecule has 2 atom stereocenters. The molecular weight excluding hydrogens is 240 g/mol. The Balaban J connectivity index is 1.80. The average molecular weight is 254 g/mol. The molecule has 0 spiro atoms. The molecule has 0 unspecified atom stereocenters. The molecule has 0 N–H and O–H groups in total. The van der Waals surface area contributed by atoms with E-state index in [4.69, 9.17) is 9.47 Å². The van der Waals surface area contributed by atoms with E-state index in [1.54, 1.807) is 19.2 Å². The molecule has 2 aromatic rings. The van der Waals surface area contributed by atoms with Crippen LogP contribution in [0.3, 0.4) is 0 Å². The molecule has 1 aliphatic heterocycles. The molecular formula is C16H14O3. The summed E-state index contributed by atoms with van der Waals surface area (Å²) in [4.78, 5) is 12.4. The molecule has 0 amide bonds. The number of hydrogen-bond donors (Lipinski definition) is 0. The second-order valence-corrected chi connectivity index (χ2v) is 4.45. The standard InChI is InChI=1S/C16H14O3/c1-18-13-10-6-5-9-12(13)14(17)16-15(19-16)11-7-3-2-4-8-11/h2-10,15-16H,1H3/t15-,16+/m1/s1. The Morgan fingerprint density at radius 2 is 1.74 bits per heavy atom. The third-order valence-corrected chi connectivity index (χ3v) is 3.25. The number of rotatable bonds is 4. The van der Waals surface area contributed by atoms with Gasteiger partial charge in [0.25, 0.3) is 0 Å². The van der Waals surface area contributed by atoms with Crippen molar-refractivity contribution >= 4 is 5.78 Å². The lowest BCUT2D eigenvalue weighted by Crippen LogP contribution is -2.09. The topological polar surface area (TPSA) is 38.8 Å². The molecule has 1 aliphatic rings. The lowest BCUT2D eigenvalue weighted by Gasteiger charge is -2.05. The van der Waals surface area contributed by atoms with Gasteiger partial charge in [-0.15, -0.1) is 0 Å². The van der Waals surface area contributed by atoms with Crippen molar-refractivity contribution in [3.8, 4) is 5.75 Å². The van der Waals surface area contributed by atoms with Crippen molar-refractivity contribution in [1.29, 1.82) is 0 Å². The lowest BCUT2D eigenvalue weighted by atomic mass is 10.0. The summed E-state index contributed by atoms with van der Waals surface area (Å²) in [5.74, 6) is 0.570. The number of epoxide rings is 1. The Bertz CT molecular complexity index is 592. The molecule has 1 heterocycles. The quantitative estimate of drug-likeness (QED) is 0.622. The van der Waals surface area contributed by atoms with E-state index in [0.29, 0.717) is 11.3 Å². The summed E-state index contributed by atoms with van der Waals surface area (Å²) in [6, 6.07) is 17.0. The molecule has 0 radical (unpaired) electrons. The van der Waals surface area contributed by atoms with E-state index in [0.717, 1.165) is 5.56 Å². The van der Waals surface area contributed by atoms with E-state index in [-0.39, 0.29) is 11.9 Å². The van der Waals surface area contributed by atoms with Gasteiger partial charge in [-0.25, -0.2) is 0 Å². The number of para-hydroxylation sites is 1. The monoisotopic (exact) mass is 254 g/mol. The summed E-state index contributed by atoms with van der Waals surface area (Å²) in [6.07, 6.45) is -0.516. The average Bonchev–Trinajstić information content (AvgIpc) is 3.28. The van der Waals surface area contributed by atoms with Crippen molar-refractivity contribution in [2.24, 2.45) is 0 Å². The first-order valence-corrected chi connectivity index (χ1v) is 6.19. The zero-order chi connectivity index (χ0) is 13.2. The zero-order valence-corrected chi connectivity index (χ0v) is 10.6. The summed E-state index contributed by atoms with van der Waals surface area (Å²) < 4.78 is 10.7. The summed E-state index contributed by atoms with van der Waals surface area (Å²) in [6.45, 7) is 0. The van der Waals surface area contributed by atoms with Crippen molar-refractivity contribution in [3.63, 3.8) is 0 Å². The van der Waals surface area contributed by atoms with Gasteiger partial charge in [0.2, 0.25) is 0 Å². The maximum atomic E-state index is 12.4. The van der Waals surface area contributed by atoms with Gasteiger partial charge in [-0.1, -0.05) is 42.5 Å². The van der Waals surface area contributed by atoms with Crippen LogP contribution in [-0.4, -0.2) is 19.0 Å². The summed E-state index contributed by atoms with van der Waals surface area (Å²) in [5.41, 5.74) is 1.61. The highest BCUT2D eigenvalue weighted by Gasteiger charge is 2.46. The van der Waals surface area contributed by atoms with E-state index >= 15 is 0 Å². The minimum Gasteiger partial charge on any atom is -0.496 e. The maximum Gasteiger partial charge on any atom is 0.198 e. The molecule has 3 rings (SSSR count). The summed E-state index contributed by atoms with van der Waals surface area (Å²) in [7, 11) is 1.56. The van der Waals surface area contributed by atoms with Gasteiger partial charge in [0, 0.05) is 0 Å². The van der Waals surface area contributed by atoms with Crippen LogP contribution in [0.4, 0.5) is 0 Å². The number of methoxy groups -OCH3 is 1. The summed E-state index contributed by atoms with van der Waals surface area (Å²) in [5, 5.41) is 0. The fourth-order valence-corrected chi connectivity index (χ4v) is 2.21. The number of Topliss-reactive ketones (excluding diaryl/α,β-unsaturated/α-hetero) is 1. The van der Waals surface area contributed by atoms with Crippen LogP contribution in [0.25, 0.3) is 0 Å². The highest BCUT2D eigenvalue weighted by molar-refractivity contribution is 6.03. The maximum absolute atomic E-state index is 12.4. The number of ketones is 1. The van der Waals surface area contributed by atoms with Gasteiger partial charge in [0.1, 0.15) is 11.9 Å². The first-order chi connectivity index (χ1) is 9.31. The smallest absolute Gasteiger partial charge is 0.198 e. The van der Waals surface area contributed by atoms with Crippen LogP contribution in [0.2, 0.25) is 0 Å². The third-order valence-electron chi connectivity index (χ3n) is 3.25. The molecule has 0 saturated carbocycles. The Morgan fingerprint density at radius 1 is 1.05 bits per heavy atom. The minimum atomic E-state index is -0.390. The molecule has 96 valence electrons. The number of benzene rings is 2. The number of hydrogen-bond acceptors (Lipinski definition) is 3. The molecule has 2 aromatic carbocycles. The van der Waals surface area contributed by atoms with Gasteiger partial charge >= 0.3 is 0 Å².